The maximum Gasteiger partial charge on any atom is 1.00 e. The molecule has 0 bridgehead atoms. The molecule has 0 radical (unpaired) electrons. The van der Waals surface area contributed by atoms with Crippen molar-refractivity contribution in [2.75, 3.05) is 0 Å². The van der Waals surface area contributed by atoms with Crippen LogP contribution in [0.1, 0.15) is 6.92 Å². The molecule has 0 aliphatic rings. The monoisotopic (exact) mass is 79.1 g/mol. The van der Waals surface area contributed by atoms with Gasteiger partial charge in [-0.2, -0.15) is 0 Å². The molecule has 2 nitrogen and oxygen atoms in total. The van der Waals surface area contributed by atoms with E-state index in [0.29, 0.717) is 5.70 Å². The third kappa shape index (κ3) is 8.94. The van der Waals surface area contributed by atoms with Gasteiger partial charge in [0.05, 0.1) is 0 Å². The average Bonchev–Trinajstić information content (AvgIpc) is 1.38. The van der Waals surface area contributed by atoms with Crippen LogP contribution in [0.15, 0.2) is 12.3 Å². The summed E-state index contributed by atoms with van der Waals surface area (Å²) in [6.07, 6.45) is 0. The molecule has 0 unspecified atom stereocenters. The van der Waals surface area contributed by atoms with E-state index in [0.717, 1.165) is 0 Å². The van der Waals surface area contributed by atoms with Gasteiger partial charge in [-0.1, -0.05) is 6.58 Å². The largest absolute Gasteiger partial charge is 1.00 e. The third-order valence-electron chi connectivity index (χ3n) is 0.174. The summed E-state index contributed by atoms with van der Waals surface area (Å²) in [5, 5.41) is 9.28. The van der Waals surface area contributed by atoms with Crippen LogP contribution in [0.5, 0.6) is 0 Å². The van der Waals surface area contributed by atoms with Crippen LogP contribution in [0.2, 0.25) is 0 Å². The maximum atomic E-state index is 9.28. The summed E-state index contributed by atoms with van der Waals surface area (Å²) in [4.78, 5) is 0. The fourth-order valence-electron chi connectivity index (χ4n) is 0. The minimum atomic E-state index is 0. The van der Waals surface area contributed by atoms with Gasteiger partial charge in [-0.3, -0.25) is 0 Å². The van der Waals surface area contributed by atoms with Crippen LogP contribution in [0.3, 0.4) is 0 Å². The van der Waals surface area contributed by atoms with Crippen molar-refractivity contribution in [2.45, 2.75) is 6.92 Å². The molecular formula is C3H6LiNO. The fourth-order valence-corrected chi connectivity index (χ4v) is 0. The van der Waals surface area contributed by atoms with Crippen molar-refractivity contribution in [2.24, 2.45) is 0 Å². The van der Waals surface area contributed by atoms with E-state index in [1.165, 1.54) is 0 Å². The topological polar surface area (TPSA) is 35.1 Å². The second kappa shape index (κ2) is 5.10. The molecular weight excluding hydrogens is 73.0 g/mol. The summed E-state index contributed by atoms with van der Waals surface area (Å²) < 4.78 is 0. The minimum Gasteiger partial charge on any atom is -0.761 e. The Bertz CT molecular complexity index is 46.1. The molecule has 0 fully saturated rings. The van der Waals surface area contributed by atoms with Crippen LogP contribution in [-0.2, 0) is 0 Å². The minimum absolute atomic E-state index is 0. The van der Waals surface area contributed by atoms with E-state index >= 15 is 0 Å². The van der Waals surface area contributed by atoms with Gasteiger partial charge >= 0.3 is 18.9 Å². The number of hydrogen-bond donors (Lipinski definition) is 1. The van der Waals surface area contributed by atoms with Crippen molar-refractivity contribution in [3.63, 3.8) is 0 Å². The molecule has 3 heteroatoms. The van der Waals surface area contributed by atoms with Gasteiger partial charge in [-0.05, 0) is 12.6 Å². The Hall–Kier alpha value is 0.0974. The van der Waals surface area contributed by atoms with Gasteiger partial charge < -0.3 is 10.7 Å². The Kier molecular flexibility index (Phi) is 8.02. The second-order valence-electron chi connectivity index (χ2n) is 0.882. The van der Waals surface area contributed by atoms with Gasteiger partial charge in [0.1, 0.15) is 0 Å². The second-order valence-corrected chi connectivity index (χ2v) is 0.882. The Balaban J connectivity index is 0. The van der Waals surface area contributed by atoms with Crippen molar-refractivity contribution >= 4 is 0 Å². The molecule has 0 aromatic rings. The zero-order valence-corrected chi connectivity index (χ0v) is 4.12. The zero-order chi connectivity index (χ0) is 4.28. The molecule has 0 spiro atoms. The maximum absolute atomic E-state index is 9.28. The van der Waals surface area contributed by atoms with Gasteiger partial charge in [0.15, 0.2) is 0 Å². The van der Waals surface area contributed by atoms with Gasteiger partial charge in [0.2, 0.25) is 0 Å². The van der Waals surface area contributed by atoms with Crippen LogP contribution >= 0.6 is 0 Å². The first-order valence-electron chi connectivity index (χ1n) is 1.31. The fraction of sp³-hybridized carbons (Fsp3) is 0.333. The smallest absolute Gasteiger partial charge is 0.761 e. The van der Waals surface area contributed by atoms with Crippen molar-refractivity contribution in [3.8, 4) is 0 Å². The van der Waals surface area contributed by atoms with Crippen LogP contribution in [-0.4, -0.2) is 0 Å². The molecule has 0 saturated carbocycles. The molecule has 0 rings (SSSR count). The molecule has 0 atom stereocenters. The third-order valence-corrected chi connectivity index (χ3v) is 0.174. The molecule has 30 valence electrons. The van der Waals surface area contributed by atoms with E-state index < -0.39 is 0 Å². The number of nitrogens with one attached hydrogen (secondary N) is 1. The number of hydrogen-bond acceptors (Lipinski definition) is 2. The molecule has 1 N–H and O–H groups in total. The van der Waals surface area contributed by atoms with E-state index in [-0.39, 0.29) is 18.9 Å². The molecule has 0 aliphatic carbocycles. The summed E-state index contributed by atoms with van der Waals surface area (Å²) >= 11 is 0. The van der Waals surface area contributed by atoms with E-state index in [1.54, 1.807) is 12.4 Å². The Morgan fingerprint density at radius 1 is 1.83 bits per heavy atom. The SMILES string of the molecule is C=C(C)N[O-].[Li+]. The average molecular weight is 79.0 g/mol. The van der Waals surface area contributed by atoms with Crippen LogP contribution in [0.25, 0.3) is 0 Å². The number of rotatable bonds is 1. The van der Waals surface area contributed by atoms with Gasteiger partial charge in [-0.25, -0.2) is 0 Å². The van der Waals surface area contributed by atoms with Crippen LogP contribution in [0, 0.1) is 5.21 Å². The van der Waals surface area contributed by atoms with Gasteiger partial charge in [-0.15, -0.1) is 0 Å². The predicted octanol–water partition coefficient (Wildman–Crippen LogP) is -2.39. The van der Waals surface area contributed by atoms with Crippen LogP contribution < -0.4 is 24.3 Å². The first-order chi connectivity index (χ1) is 2.27. The van der Waals surface area contributed by atoms with Gasteiger partial charge in [0, 0.05) is 0 Å². The quantitative estimate of drug-likeness (QED) is 0.281. The molecule has 6 heavy (non-hydrogen) atoms. The van der Waals surface area contributed by atoms with E-state index in [1.807, 2.05) is 0 Å². The van der Waals surface area contributed by atoms with Crippen molar-refractivity contribution in [1.29, 1.82) is 0 Å². The normalized spacial score (nSPS) is 5.67. The van der Waals surface area contributed by atoms with Crippen molar-refractivity contribution in [3.05, 3.63) is 17.5 Å². The zero-order valence-electron chi connectivity index (χ0n) is 4.12. The molecule has 0 amide bonds. The predicted molar refractivity (Wildman–Crippen MR) is 21.3 cm³/mol. The Morgan fingerprint density at radius 3 is 2.00 bits per heavy atom. The molecule has 0 heterocycles. The first kappa shape index (κ1) is 9.44. The Morgan fingerprint density at radius 2 is 2.00 bits per heavy atom. The van der Waals surface area contributed by atoms with E-state index in [4.69, 9.17) is 0 Å². The molecule has 0 saturated heterocycles. The molecule has 0 aromatic heterocycles. The first-order valence-corrected chi connectivity index (χ1v) is 1.31. The molecule has 0 aromatic carbocycles. The number of hydroxylamine groups is 1. The summed E-state index contributed by atoms with van der Waals surface area (Å²) in [5.41, 5.74) is 2.03. The Labute approximate surface area is 49.4 Å². The van der Waals surface area contributed by atoms with Crippen molar-refractivity contribution in [1.82, 2.24) is 5.48 Å². The van der Waals surface area contributed by atoms with E-state index in [9.17, 15) is 5.21 Å². The summed E-state index contributed by atoms with van der Waals surface area (Å²) in [6.45, 7) is 4.85. The van der Waals surface area contributed by atoms with E-state index in [2.05, 4.69) is 6.58 Å². The summed E-state index contributed by atoms with van der Waals surface area (Å²) in [6, 6.07) is 0. The van der Waals surface area contributed by atoms with Gasteiger partial charge in [0.25, 0.3) is 0 Å². The molecule has 0 aliphatic heterocycles. The van der Waals surface area contributed by atoms with Crippen LogP contribution in [0.4, 0.5) is 0 Å². The van der Waals surface area contributed by atoms with Crippen molar-refractivity contribution < 1.29 is 18.9 Å². The standard InChI is InChI=1S/C3H6NO.Li/c1-3(2)4-5;/h4H,1H2,2H3;/q-1;+1. The summed E-state index contributed by atoms with van der Waals surface area (Å²) in [7, 11) is 0. The number of allylic oxidation sites excluding steroid dienone is 1. The summed E-state index contributed by atoms with van der Waals surface area (Å²) in [5.74, 6) is 0.